The second-order valence-corrected chi connectivity index (χ2v) is 6.34. The van der Waals surface area contributed by atoms with Crippen molar-refractivity contribution < 1.29 is 9.84 Å². The van der Waals surface area contributed by atoms with Crippen LogP contribution in [-0.4, -0.2) is 50.3 Å². The quantitative estimate of drug-likeness (QED) is 0.940. The Morgan fingerprint density at radius 1 is 1.17 bits per heavy atom. The number of ether oxygens (including phenoxy) is 1. The Hall–Kier alpha value is -1.92. The molecule has 1 N–H and O–H groups in total. The Kier molecular flexibility index (Phi) is 4.01. The molecular weight excluding hydrogens is 292 g/mol. The van der Waals surface area contributed by atoms with Gasteiger partial charge >= 0.3 is 0 Å². The van der Waals surface area contributed by atoms with E-state index < -0.39 is 0 Å². The monoisotopic (exact) mass is 314 g/mol. The van der Waals surface area contributed by atoms with Crippen LogP contribution in [0.15, 0.2) is 30.3 Å². The fourth-order valence-corrected chi connectivity index (χ4v) is 3.77. The molecule has 4 rings (SSSR count). The molecule has 2 heterocycles. The summed E-state index contributed by atoms with van der Waals surface area (Å²) in [7, 11) is 0. The van der Waals surface area contributed by atoms with Crippen molar-refractivity contribution >= 4 is 0 Å². The third-order valence-corrected chi connectivity index (χ3v) is 4.94. The van der Waals surface area contributed by atoms with E-state index in [1.54, 1.807) is 4.68 Å². The van der Waals surface area contributed by atoms with Gasteiger partial charge in [0.1, 0.15) is 5.69 Å². The number of para-hydroxylation sites is 1. The minimum absolute atomic E-state index is 0.0210. The summed E-state index contributed by atoms with van der Waals surface area (Å²) in [6.07, 6.45) is 5.15. The number of rotatable bonds is 3. The molecule has 6 nitrogen and oxygen atoms in total. The highest BCUT2D eigenvalue weighted by molar-refractivity contribution is 5.34. The summed E-state index contributed by atoms with van der Waals surface area (Å²) in [6, 6.07) is 10.3. The molecule has 2 aromatic rings. The van der Waals surface area contributed by atoms with Crippen molar-refractivity contribution in [1.82, 2.24) is 19.9 Å². The van der Waals surface area contributed by atoms with Crippen molar-refractivity contribution in [2.75, 3.05) is 13.2 Å². The maximum atomic E-state index is 10.2. The highest BCUT2D eigenvalue weighted by Crippen LogP contribution is 2.30. The van der Waals surface area contributed by atoms with E-state index in [0.717, 1.165) is 31.0 Å². The lowest BCUT2D eigenvalue weighted by atomic mass is 9.90. The lowest BCUT2D eigenvalue weighted by Crippen LogP contribution is -2.52. The molecule has 1 saturated heterocycles. The molecule has 2 atom stereocenters. The third-order valence-electron chi connectivity index (χ3n) is 4.94. The van der Waals surface area contributed by atoms with Gasteiger partial charge in [-0.05, 0) is 25.0 Å². The first-order chi connectivity index (χ1) is 11.3. The molecule has 1 saturated carbocycles. The average molecular weight is 314 g/mol. The van der Waals surface area contributed by atoms with E-state index in [1.165, 1.54) is 19.3 Å². The van der Waals surface area contributed by atoms with E-state index in [2.05, 4.69) is 15.2 Å². The van der Waals surface area contributed by atoms with Crippen LogP contribution in [0.1, 0.15) is 31.4 Å². The first-order valence-electron chi connectivity index (χ1n) is 8.37. The summed E-state index contributed by atoms with van der Waals surface area (Å²) in [4.78, 5) is 2.42. The molecule has 0 bridgehead atoms. The molecule has 0 unspecified atom stereocenters. The second kappa shape index (κ2) is 6.29. The first-order valence-corrected chi connectivity index (χ1v) is 8.37. The summed E-state index contributed by atoms with van der Waals surface area (Å²) in [5, 5.41) is 18.2. The van der Waals surface area contributed by atoms with E-state index in [1.807, 2.05) is 30.3 Å². The van der Waals surface area contributed by atoms with Gasteiger partial charge in [0.25, 0.3) is 5.88 Å². The van der Waals surface area contributed by atoms with Crippen LogP contribution in [0, 0.1) is 0 Å². The molecule has 0 spiro atoms. The van der Waals surface area contributed by atoms with Crippen molar-refractivity contribution in [3.63, 3.8) is 0 Å². The SMILES string of the molecule is Oc1nnn(-c2ccccc2)c1CN1CCO[C@H]2CCCC[C@H]21. The van der Waals surface area contributed by atoms with Gasteiger partial charge in [-0.3, -0.25) is 4.90 Å². The number of morpholine rings is 1. The van der Waals surface area contributed by atoms with Crippen LogP contribution >= 0.6 is 0 Å². The zero-order valence-electron chi connectivity index (χ0n) is 13.1. The lowest BCUT2D eigenvalue weighted by Gasteiger charge is -2.43. The van der Waals surface area contributed by atoms with Crippen molar-refractivity contribution in [2.45, 2.75) is 44.4 Å². The van der Waals surface area contributed by atoms with Crippen molar-refractivity contribution in [3.8, 4) is 11.6 Å². The molecule has 2 fully saturated rings. The van der Waals surface area contributed by atoms with Gasteiger partial charge in [0.2, 0.25) is 0 Å². The Morgan fingerprint density at radius 2 is 2.00 bits per heavy atom. The molecular formula is C17H22N4O2. The summed E-state index contributed by atoms with van der Waals surface area (Å²) < 4.78 is 7.67. The van der Waals surface area contributed by atoms with E-state index in [0.29, 0.717) is 18.7 Å². The number of fused-ring (bicyclic) bond motifs is 1. The predicted octanol–water partition coefficient (Wildman–Crippen LogP) is 2.12. The van der Waals surface area contributed by atoms with Crippen LogP contribution in [0.2, 0.25) is 0 Å². The molecule has 0 radical (unpaired) electrons. The van der Waals surface area contributed by atoms with Crippen molar-refractivity contribution in [1.29, 1.82) is 0 Å². The fraction of sp³-hybridized carbons (Fsp3) is 0.529. The number of aromatic nitrogens is 3. The second-order valence-electron chi connectivity index (χ2n) is 6.34. The number of benzene rings is 1. The molecule has 6 heteroatoms. The standard InChI is InChI=1S/C17H22N4O2/c22-17-15(21(19-18-17)13-6-2-1-3-7-13)12-20-10-11-23-16-9-5-4-8-14(16)20/h1-3,6-7,14,16,22H,4-5,8-12H2/t14-,16+/m1/s1. The van der Waals surface area contributed by atoms with Crippen molar-refractivity contribution in [3.05, 3.63) is 36.0 Å². The normalized spacial score (nSPS) is 25.2. The third kappa shape index (κ3) is 2.84. The van der Waals surface area contributed by atoms with Crippen LogP contribution in [0.25, 0.3) is 5.69 Å². The number of hydrogen-bond acceptors (Lipinski definition) is 5. The van der Waals surface area contributed by atoms with Gasteiger partial charge in [-0.25, -0.2) is 4.68 Å². The Bertz CT molecular complexity index is 656. The van der Waals surface area contributed by atoms with Crippen LogP contribution in [0.5, 0.6) is 5.88 Å². The zero-order chi connectivity index (χ0) is 15.6. The molecule has 0 amide bonds. The Morgan fingerprint density at radius 3 is 2.87 bits per heavy atom. The number of hydrogen-bond donors (Lipinski definition) is 1. The molecule has 122 valence electrons. The van der Waals surface area contributed by atoms with E-state index in [9.17, 15) is 5.11 Å². The van der Waals surface area contributed by atoms with Gasteiger partial charge in [-0.15, -0.1) is 0 Å². The Labute approximate surface area is 135 Å². The minimum atomic E-state index is 0.0210. The maximum absolute atomic E-state index is 10.2. The highest BCUT2D eigenvalue weighted by Gasteiger charge is 2.35. The van der Waals surface area contributed by atoms with Crippen LogP contribution in [0.4, 0.5) is 0 Å². The minimum Gasteiger partial charge on any atom is -0.491 e. The molecule has 1 aliphatic heterocycles. The van der Waals surface area contributed by atoms with Gasteiger partial charge in [0.05, 0.1) is 18.4 Å². The van der Waals surface area contributed by atoms with Gasteiger partial charge in [0, 0.05) is 19.1 Å². The highest BCUT2D eigenvalue weighted by atomic mass is 16.5. The summed E-state index contributed by atoms with van der Waals surface area (Å²) in [5.41, 5.74) is 1.67. The zero-order valence-corrected chi connectivity index (χ0v) is 13.1. The van der Waals surface area contributed by atoms with E-state index in [4.69, 9.17) is 4.74 Å². The molecule has 1 aliphatic carbocycles. The topological polar surface area (TPSA) is 63.4 Å². The van der Waals surface area contributed by atoms with E-state index in [-0.39, 0.29) is 5.88 Å². The first kappa shape index (κ1) is 14.7. The summed E-state index contributed by atoms with van der Waals surface area (Å²) >= 11 is 0. The van der Waals surface area contributed by atoms with Gasteiger partial charge in [-0.2, -0.15) is 0 Å². The average Bonchev–Trinajstić information content (AvgIpc) is 2.97. The molecule has 1 aromatic heterocycles. The fourth-order valence-electron chi connectivity index (χ4n) is 3.77. The molecule has 1 aromatic carbocycles. The van der Waals surface area contributed by atoms with Gasteiger partial charge in [-0.1, -0.05) is 41.4 Å². The maximum Gasteiger partial charge on any atom is 0.256 e. The van der Waals surface area contributed by atoms with Gasteiger partial charge in [0.15, 0.2) is 0 Å². The summed E-state index contributed by atoms with van der Waals surface area (Å²) in [5.74, 6) is 0.0210. The van der Waals surface area contributed by atoms with Crippen LogP contribution in [0.3, 0.4) is 0 Å². The van der Waals surface area contributed by atoms with E-state index >= 15 is 0 Å². The van der Waals surface area contributed by atoms with Crippen molar-refractivity contribution in [2.24, 2.45) is 0 Å². The molecule has 23 heavy (non-hydrogen) atoms. The largest absolute Gasteiger partial charge is 0.491 e. The Balaban J connectivity index is 1.60. The van der Waals surface area contributed by atoms with Gasteiger partial charge < -0.3 is 9.84 Å². The van der Waals surface area contributed by atoms with Crippen LogP contribution in [-0.2, 0) is 11.3 Å². The predicted molar refractivity (Wildman–Crippen MR) is 85.4 cm³/mol. The molecule has 2 aliphatic rings. The number of aromatic hydroxyl groups is 1. The summed E-state index contributed by atoms with van der Waals surface area (Å²) in [6.45, 7) is 2.30. The number of nitrogens with zero attached hydrogens (tertiary/aromatic N) is 4. The smallest absolute Gasteiger partial charge is 0.256 e. The van der Waals surface area contributed by atoms with Crippen LogP contribution < -0.4 is 0 Å². The lowest BCUT2D eigenvalue weighted by molar-refractivity contribution is -0.0917.